The van der Waals surface area contributed by atoms with Crippen LogP contribution >= 0.6 is 0 Å². The highest BCUT2D eigenvalue weighted by Gasteiger charge is 2.41. The van der Waals surface area contributed by atoms with Gasteiger partial charge in [-0.25, -0.2) is 0 Å². The zero-order valence-electron chi connectivity index (χ0n) is 12.6. The van der Waals surface area contributed by atoms with Gasteiger partial charge < -0.3 is 14.8 Å². The number of methoxy groups -OCH3 is 2. The van der Waals surface area contributed by atoms with Crippen LogP contribution in [0.15, 0.2) is 18.2 Å². The van der Waals surface area contributed by atoms with Crippen LogP contribution in [0.2, 0.25) is 0 Å². The van der Waals surface area contributed by atoms with Crippen LogP contribution in [0, 0.1) is 15.5 Å². The fourth-order valence-corrected chi connectivity index (χ4v) is 2.49. The number of nitrogens with one attached hydrogen (secondary N) is 1. The molecular formula is C15H22N2O4. The molecule has 0 unspecified atom stereocenters. The van der Waals surface area contributed by atoms with Gasteiger partial charge in [0.1, 0.15) is 5.75 Å². The first kappa shape index (κ1) is 15.7. The van der Waals surface area contributed by atoms with Gasteiger partial charge in [-0.1, -0.05) is 0 Å². The number of benzene rings is 1. The minimum Gasteiger partial charge on any atom is -0.496 e. The summed E-state index contributed by atoms with van der Waals surface area (Å²) in [5, 5.41) is 14.2. The lowest BCUT2D eigenvalue weighted by Gasteiger charge is -2.16. The zero-order chi connectivity index (χ0) is 15.3. The van der Waals surface area contributed by atoms with Gasteiger partial charge in [0, 0.05) is 44.5 Å². The van der Waals surface area contributed by atoms with E-state index < -0.39 is 0 Å². The van der Waals surface area contributed by atoms with Crippen molar-refractivity contribution in [3.8, 4) is 5.75 Å². The Hall–Kier alpha value is -1.66. The lowest BCUT2D eigenvalue weighted by Crippen LogP contribution is -2.24. The maximum Gasteiger partial charge on any atom is 0.270 e. The van der Waals surface area contributed by atoms with Crippen molar-refractivity contribution in [1.82, 2.24) is 5.32 Å². The highest BCUT2D eigenvalue weighted by atomic mass is 16.6. The van der Waals surface area contributed by atoms with Crippen LogP contribution < -0.4 is 10.1 Å². The molecule has 0 aliphatic heterocycles. The predicted molar refractivity (Wildman–Crippen MR) is 79.5 cm³/mol. The largest absolute Gasteiger partial charge is 0.496 e. The molecule has 0 spiro atoms. The van der Waals surface area contributed by atoms with Gasteiger partial charge in [-0.05, 0) is 30.7 Å². The monoisotopic (exact) mass is 294 g/mol. The second-order valence-corrected chi connectivity index (χ2v) is 5.60. The van der Waals surface area contributed by atoms with Crippen LogP contribution in [-0.4, -0.2) is 32.3 Å². The van der Waals surface area contributed by atoms with Crippen LogP contribution in [0.4, 0.5) is 5.69 Å². The number of non-ortho nitro benzene ring substituents is 1. The van der Waals surface area contributed by atoms with Crippen LogP contribution in [-0.2, 0) is 11.3 Å². The minimum absolute atomic E-state index is 0.0909. The molecule has 0 heterocycles. The molecule has 1 aromatic rings. The molecule has 6 nitrogen and oxygen atoms in total. The van der Waals surface area contributed by atoms with Crippen LogP contribution in [0.3, 0.4) is 0 Å². The van der Waals surface area contributed by atoms with E-state index in [2.05, 4.69) is 5.32 Å². The smallest absolute Gasteiger partial charge is 0.270 e. The van der Waals surface area contributed by atoms with Crippen LogP contribution in [0.5, 0.6) is 5.75 Å². The van der Waals surface area contributed by atoms with Crippen molar-refractivity contribution in [1.29, 1.82) is 0 Å². The molecule has 1 aromatic carbocycles. The third-order valence-corrected chi connectivity index (χ3v) is 4.08. The Balaban J connectivity index is 1.93. The Bertz CT molecular complexity index is 500. The fourth-order valence-electron chi connectivity index (χ4n) is 2.49. The molecule has 6 heteroatoms. The molecule has 0 saturated heterocycles. The van der Waals surface area contributed by atoms with Gasteiger partial charge in [0.05, 0.1) is 12.0 Å². The molecule has 0 bridgehead atoms. The van der Waals surface area contributed by atoms with Crippen molar-refractivity contribution >= 4 is 5.69 Å². The SMILES string of the molecule is COCCC1(CNCc2cc([N+](=O)[O-])ccc2OC)CC1. The summed E-state index contributed by atoms with van der Waals surface area (Å²) in [6, 6.07) is 4.68. The summed E-state index contributed by atoms with van der Waals surface area (Å²) in [4.78, 5) is 10.5. The lowest BCUT2D eigenvalue weighted by atomic mass is 10.0. The third kappa shape index (κ3) is 4.15. The van der Waals surface area contributed by atoms with E-state index in [9.17, 15) is 10.1 Å². The Morgan fingerprint density at radius 1 is 1.38 bits per heavy atom. The number of nitro groups is 1. The summed E-state index contributed by atoms with van der Waals surface area (Å²) in [7, 11) is 3.29. The van der Waals surface area contributed by atoms with Gasteiger partial charge in [0.15, 0.2) is 0 Å². The molecule has 0 atom stereocenters. The summed E-state index contributed by atoms with van der Waals surface area (Å²) >= 11 is 0. The molecule has 2 rings (SSSR count). The molecule has 0 radical (unpaired) electrons. The van der Waals surface area contributed by atoms with Gasteiger partial charge >= 0.3 is 0 Å². The summed E-state index contributed by atoms with van der Waals surface area (Å²) in [5.74, 6) is 0.676. The standard InChI is InChI=1S/C15H22N2O4/c1-20-8-7-15(5-6-15)11-16-10-12-9-13(17(18)19)3-4-14(12)21-2/h3-4,9,16H,5-8,10-11H2,1-2H3. The molecule has 21 heavy (non-hydrogen) atoms. The van der Waals surface area contributed by atoms with E-state index in [4.69, 9.17) is 9.47 Å². The number of nitrogens with zero attached hydrogens (tertiary/aromatic N) is 1. The first-order valence-corrected chi connectivity index (χ1v) is 7.11. The van der Waals surface area contributed by atoms with E-state index in [-0.39, 0.29) is 10.6 Å². The molecule has 0 aromatic heterocycles. The van der Waals surface area contributed by atoms with Crippen LogP contribution in [0.1, 0.15) is 24.8 Å². The van der Waals surface area contributed by atoms with Crippen molar-refractivity contribution in [3.63, 3.8) is 0 Å². The molecular weight excluding hydrogens is 272 g/mol. The van der Waals surface area contributed by atoms with E-state index in [0.29, 0.717) is 17.7 Å². The van der Waals surface area contributed by atoms with Gasteiger partial charge in [-0.3, -0.25) is 10.1 Å². The van der Waals surface area contributed by atoms with Gasteiger partial charge in [0.25, 0.3) is 5.69 Å². The molecule has 116 valence electrons. The molecule has 0 amide bonds. The van der Waals surface area contributed by atoms with Crippen molar-refractivity contribution in [2.75, 3.05) is 27.4 Å². The van der Waals surface area contributed by atoms with Crippen LogP contribution in [0.25, 0.3) is 0 Å². The zero-order valence-corrected chi connectivity index (χ0v) is 12.6. The Labute approximate surface area is 124 Å². The fraction of sp³-hybridized carbons (Fsp3) is 0.600. The van der Waals surface area contributed by atoms with Crippen molar-refractivity contribution in [3.05, 3.63) is 33.9 Å². The maximum atomic E-state index is 10.8. The maximum absolute atomic E-state index is 10.8. The van der Waals surface area contributed by atoms with Gasteiger partial charge in [-0.2, -0.15) is 0 Å². The number of nitro benzene ring substituents is 1. The normalized spacial score (nSPS) is 15.7. The number of ether oxygens (including phenoxy) is 2. The highest BCUT2D eigenvalue weighted by Crippen LogP contribution is 2.48. The van der Waals surface area contributed by atoms with E-state index in [1.54, 1.807) is 26.4 Å². The third-order valence-electron chi connectivity index (χ3n) is 4.08. The average Bonchev–Trinajstić information content (AvgIpc) is 3.25. The summed E-state index contributed by atoms with van der Waals surface area (Å²) in [6.45, 7) is 2.25. The Morgan fingerprint density at radius 2 is 2.14 bits per heavy atom. The summed E-state index contributed by atoms with van der Waals surface area (Å²) in [6.07, 6.45) is 3.49. The molecule has 1 saturated carbocycles. The van der Waals surface area contributed by atoms with E-state index in [1.807, 2.05) is 0 Å². The highest BCUT2D eigenvalue weighted by molar-refractivity contribution is 5.43. The summed E-state index contributed by atoms with van der Waals surface area (Å²) in [5.41, 5.74) is 1.26. The number of hydrogen-bond acceptors (Lipinski definition) is 5. The minimum atomic E-state index is -0.385. The lowest BCUT2D eigenvalue weighted by molar-refractivity contribution is -0.384. The van der Waals surface area contributed by atoms with Crippen molar-refractivity contribution in [2.24, 2.45) is 5.41 Å². The summed E-state index contributed by atoms with van der Waals surface area (Å²) < 4.78 is 10.4. The molecule has 1 aliphatic rings. The van der Waals surface area contributed by atoms with Crippen molar-refractivity contribution < 1.29 is 14.4 Å². The molecule has 1 N–H and O–H groups in total. The van der Waals surface area contributed by atoms with E-state index in [1.165, 1.54) is 18.9 Å². The average molecular weight is 294 g/mol. The predicted octanol–water partition coefficient (Wildman–Crippen LogP) is 2.51. The molecule has 1 fully saturated rings. The quantitative estimate of drug-likeness (QED) is 0.559. The Kier molecular flexibility index (Phi) is 5.14. The van der Waals surface area contributed by atoms with Crippen molar-refractivity contribution in [2.45, 2.75) is 25.8 Å². The molecule has 1 aliphatic carbocycles. The van der Waals surface area contributed by atoms with E-state index >= 15 is 0 Å². The first-order chi connectivity index (χ1) is 10.1. The second-order valence-electron chi connectivity index (χ2n) is 5.60. The van der Waals surface area contributed by atoms with E-state index in [0.717, 1.165) is 25.1 Å². The Morgan fingerprint density at radius 3 is 2.71 bits per heavy atom. The topological polar surface area (TPSA) is 73.6 Å². The second kappa shape index (κ2) is 6.87. The van der Waals surface area contributed by atoms with Gasteiger partial charge in [-0.15, -0.1) is 0 Å². The van der Waals surface area contributed by atoms with Gasteiger partial charge in [0.2, 0.25) is 0 Å². The number of rotatable bonds is 9. The first-order valence-electron chi connectivity index (χ1n) is 7.11. The number of hydrogen-bond donors (Lipinski definition) is 1.